The summed E-state index contributed by atoms with van der Waals surface area (Å²) in [5.41, 5.74) is 0.819. The molecule has 0 spiro atoms. The molecule has 0 saturated heterocycles. The Morgan fingerprint density at radius 2 is 1.75 bits per heavy atom. The van der Waals surface area contributed by atoms with Gasteiger partial charge in [0.15, 0.2) is 0 Å². The van der Waals surface area contributed by atoms with Gasteiger partial charge in [-0.25, -0.2) is 0 Å². The molecule has 0 aliphatic carbocycles. The van der Waals surface area contributed by atoms with E-state index in [1.165, 1.54) is 0 Å². The van der Waals surface area contributed by atoms with Crippen LogP contribution in [0.1, 0.15) is 51.5 Å². The van der Waals surface area contributed by atoms with Gasteiger partial charge in [0.25, 0.3) is 0 Å². The highest BCUT2D eigenvalue weighted by atomic mass is 35.5. The maximum absolute atomic E-state index is 13.2. The second kappa shape index (κ2) is 14.0. The summed E-state index contributed by atoms with van der Waals surface area (Å²) in [4.78, 5) is 27.7. The van der Waals surface area contributed by atoms with Crippen molar-refractivity contribution >= 4 is 35.0 Å². The van der Waals surface area contributed by atoms with Crippen LogP contribution in [-0.4, -0.2) is 35.9 Å². The summed E-state index contributed by atoms with van der Waals surface area (Å²) in [7, 11) is 0. The van der Waals surface area contributed by atoms with Gasteiger partial charge in [-0.1, -0.05) is 61.7 Å². The number of rotatable bonds is 13. The Morgan fingerprint density at radius 1 is 1.03 bits per heavy atom. The van der Waals surface area contributed by atoms with Crippen molar-refractivity contribution in [1.82, 2.24) is 10.2 Å². The highest BCUT2D eigenvalue weighted by molar-refractivity contribution is 6.31. The number of benzene rings is 2. The number of unbranched alkanes of at least 4 members (excludes halogenated alkanes) is 1. The van der Waals surface area contributed by atoms with Crippen molar-refractivity contribution in [2.75, 3.05) is 13.2 Å². The zero-order valence-corrected chi connectivity index (χ0v) is 20.3. The van der Waals surface area contributed by atoms with Crippen LogP contribution in [0.5, 0.6) is 5.75 Å². The van der Waals surface area contributed by atoms with Gasteiger partial charge in [-0.05, 0) is 55.2 Å². The lowest BCUT2D eigenvalue weighted by atomic mass is 10.1. The average molecular weight is 479 g/mol. The maximum Gasteiger partial charge on any atom is 0.242 e. The molecule has 0 bridgehead atoms. The predicted octanol–water partition coefficient (Wildman–Crippen LogP) is 5.88. The van der Waals surface area contributed by atoms with Gasteiger partial charge in [-0.3, -0.25) is 9.59 Å². The average Bonchev–Trinajstić information content (AvgIpc) is 2.79. The number of nitrogens with zero attached hydrogens (tertiary/aromatic N) is 1. The second-order valence-corrected chi connectivity index (χ2v) is 8.43. The summed E-state index contributed by atoms with van der Waals surface area (Å²) in [6.45, 7) is 5.28. The van der Waals surface area contributed by atoms with Gasteiger partial charge in [0.2, 0.25) is 11.8 Å². The van der Waals surface area contributed by atoms with Crippen LogP contribution in [0.3, 0.4) is 0 Å². The van der Waals surface area contributed by atoms with E-state index in [2.05, 4.69) is 12.2 Å². The molecule has 2 aromatic rings. The number of hydrogen-bond acceptors (Lipinski definition) is 3. The van der Waals surface area contributed by atoms with Crippen LogP contribution in [0.4, 0.5) is 0 Å². The van der Waals surface area contributed by atoms with E-state index in [0.29, 0.717) is 41.8 Å². The molecule has 0 radical (unpaired) electrons. The minimum absolute atomic E-state index is 0.0953. The quantitative estimate of drug-likeness (QED) is 0.365. The normalized spacial score (nSPS) is 11.6. The van der Waals surface area contributed by atoms with Crippen molar-refractivity contribution in [1.29, 1.82) is 0 Å². The lowest BCUT2D eigenvalue weighted by molar-refractivity contribution is -0.141. The predicted molar refractivity (Wildman–Crippen MR) is 130 cm³/mol. The zero-order chi connectivity index (χ0) is 23.3. The first-order valence-corrected chi connectivity index (χ1v) is 11.9. The third-order valence-electron chi connectivity index (χ3n) is 5.13. The number of ether oxygens (including phenoxy) is 1. The molecular weight excluding hydrogens is 447 g/mol. The molecule has 5 nitrogen and oxygen atoms in total. The summed E-state index contributed by atoms with van der Waals surface area (Å²) >= 11 is 12.2. The van der Waals surface area contributed by atoms with E-state index in [1.54, 1.807) is 35.2 Å². The minimum Gasteiger partial charge on any atom is -0.494 e. The fourth-order valence-corrected chi connectivity index (χ4v) is 3.65. The monoisotopic (exact) mass is 478 g/mol. The van der Waals surface area contributed by atoms with Gasteiger partial charge in [0.1, 0.15) is 11.8 Å². The third kappa shape index (κ3) is 8.36. The van der Waals surface area contributed by atoms with Crippen LogP contribution < -0.4 is 10.1 Å². The summed E-state index contributed by atoms with van der Waals surface area (Å²) in [6.07, 6.45) is 3.23. The van der Waals surface area contributed by atoms with Crippen molar-refractivity contribution in [3.05, 3.63) is 64.1 Å². The molecule has 2 aromatic carbocycles. The van der Waals surface area contributed by atoms with Gasteiger partial charge in [-0.15, -0.1) is 0 Å². The summed E-state index contributed by atoms with van der Waals surface area (Å²) < 4.78 is 5.70. The lowest BCUT2D eigenvalue weighted by Gasteiger charge is -2.31. The lowest BCUT2D eigenvalue weighted by Crippen LogP contribution is -2.49. The molecular formula is C25H32Cl2N2O3. The molecule has 1 N–H and O–H groups in total. The minimum atomic E-state index is -0.548. The third-order valence-corrected chi connectivity index (χ3v) is 5.75. The molecule has 32 heavy (non-hydrogen) atoms. The van der Waals surface area contributed by atoms with E-state index in [0.717, 1.165) is 18.4 Å². The largest absolute Gasteiger partial charge is 0.494 e. The first-order chi connectivity index (χ1) is 15.5. The Balaban J connectivity index is 2.04. The Morgan fingerprint density at radius 3 is 2.41 bits per heavy atom. The van der Waals surface area contributed by atoms with Crippen LogP contribution in [0.2, 0.25) is 10.0 Å². The standard InChI is InChI=1S/C25H32Cl2N2O3/c1-3-5-16-28-25(31)23(4-2)29(18-19-9-6-7-10-22(19)27)24(30)11-8-17-32-21-14-12-20(26)13-15-21/h6-7,9-10,12-15,23H,3-5,8,11,16-18H2,1-2H3,(H,28,31). The number of carbonyl (C=O) groups is 2. The summed E-state index contributed by atoms with van der Waals surface area (Å²) in [5.74, 6) is 0.484. The van der Waals surface area contributed by atoms with Crippen molar-refractivity contribution in [2.45, 2.75) is 58.5 Å². The van der Waals surface area contributed by atoms with E-state index >= 15 is 0 Å². The Kier molecular flexibility index (Phi) is 11.4. The highest BCUT2D eigenvalue weighted by Crippen LogP contribution is 2.21. The molecule has 7 heteroatoms. The maximum atomic E-state index is 13.2. The molecule has 1 atom stereocenters. The Bertz CT molecular complexity index is 859. The Hall–Kier alpha value is -2.24. The molecule has 0 saturated carbocycles. The summed E-state index contributed by atoms with van der Waals surface area (Å²) in [5, 5.41) is 4.19. The number of amides is 2. The van der Waals surface area contributed by atoms with Crippen LogP contribution >= 0.6 is 23.2 Å². The molecule has 174 valence electrons. The van der Waals surface area contributed by atoms with Gasteiger partial charge in [-0.2, -0.15) is 0 Å². The molecule has 2 rings (SSSR count). The van der Waals surface area contributed by atoms with Gasteiger partial charge < -0.3 is 15.0 Å². The van der Waals surface area contributed by atoms with E-state index in [9.17, 15) is 9.59 Å². The first kappa shape index (κ1) is 26.0. The van der Waals surface area contributed by atoms with Crippen molar-refractivity contribution in [3.63, 3.8) is 0 Å². The second-order valence-electron chi connectivity index (χ2n) is 7.59. The number of halogens is 2. The van der Waals surface area contributed by atoms with Crippen LogP contribution in [0.25, 0.3) is 0 Å². The fraction of sp³-hybridized carbons (Fsp3) is 0.440. The smallest absolute Gasteiger partial charge is 0.242 e. The van der Waals surface area contributed by atoms with Crippen LogP contribution in [0.15, 0.2) is 48.5 Å². The summed E-state index contributed by atoms with van der Waals surface area (Å²) in [6, 6.07) is 14.0. The van der Waals surface area contributed by atoms with Gasteiger partial charge in [0.05, 0.1) is 6.61 Å². The first-order valence-electron chi connectivity index (χ1n) is 11.1. The molecule has 0 aliphatic heterocycles. The van der Waals surface area contributed by atoms with Crippen LogP contribution in [-0.2, 0) is 16.1 Å². The zero-order valence-electron chi connectivity index (χ0n) is 18.8. The number of nitrogens with one attached hydrogen (secondary N) is 1. The molecule has 0 aliphatic rings. The van der Waals surface area contributed by atoms with Crippen molar-refractivity contribution in [2.24, 2.45) is 0 Å². The van der Waals surface area contributed by atoms with E-state index in [4.69, 9.17) is 27.9 Å². The van der Waals surface area contributed by atoms with Gasteiger partial charge >= 0.3 is 0 Å². The number of carbonyl (C=O) groups excluding carboxylic acids is 2. The molecule has 0 fully saturated rings. The van der Waals surface area contributed by atoms with Crippen molar-refractivity contribution in [3.8, 4) is 5.75 Å². The molecule has 0 heterocycles. The van der Waals surface area contributed by atoms with Crippen molar-refractivity contribution < 1.29 is 14.3 Å². The number of hydrogen-bond donors (Lipinski definition) is 1. The topological polar surface area (TPSA) is 58.6 Å². The SMILES string of the molecule is CCCCNC(=O)C(CC)N(Cc1ccccc1Cl)C(=O)CCCOc1ccc(Cl)cc1. The Labute approximate surface area is 201 Å². The molecule has 2 amide bonds. The van der Waals surface area contributed by atoms with Gasteiger partial charge in [0, 0.05) is 29.6 Å². The highest BCUT2D eigenvalue weighted by Gasteiger charge is 2.28. The van der Waals surface area contributed by atoms with E-state index in [1.807, 2.05) is 25.1 Å². The fourth-order valence-electron chi connectivity index (χ4n) is 3.32. The van der Waals surface area contributed by atoms with E-state index in [-0.39, 0.29) is 24.8 Å². The van der Waals surface area contributed by atoms with E-state index < -0.39 is 6.04 Å². The van der Waals surface area contributed by atoms with Crippen LogP contribution in [0, 0.1) is 0 Å². The molecule has 0 aromatic heterocycles. The molecule has 1 unspecified atom stereocenters.